The molecular weight excluding hydrogens is 365 g/mol. The molecule has 126 valence electrons. The van der Waals surface area contributed by atoms with Crippen LogP contribution in [0.2, 0.25) is 10.0 Å². The Labute approximate surface area is 152 Å². The summed E-state index contributed by atoms with van der Waals surface area (Å²) in [6.45, 7) is 0. The van der Waals surface area contributed by atoms with Crippen LogP contribution in [0.5, 0.6) is 0 Å². The van der Waals surface area contributed by atoms with Crippen molar-refractivity contribution in [2.45, 2.75) is 0 Å². The van der Waals surface area contributed by atoms with Gasteiger partial charge in [0, 0.05) is 35.7 Å². The molecule has 0 amide bonds. The Kier molecular flexibility index (Phi) is 6.10. The van der Waals surface area contributed by atoms with Gasteiger partial charge in [-0.25, -0.2) is 8.42 Å². The lowest BCUT2D eigenvalue weighted by molar-refractivity contribution is 0.565. The predicted molar refractivity (Wildman–Crippen MR) is 103 cm³/mol. The Morgan fingerprint density at radius 1 is 0.917 bits per heavy atom. The Morgan fingerprint density at radius 2 is 1.42 bits per heavy atom. The topological polar surface area (TPSA) is 37.4 Å². The summed E-state index contributed by atoms with van der Waals surface area (Å²) in [4.78, 5) is 1.90. The Bertz CT molecular complexity index is 853. The SMILES string of the molecule is CN(C)C=C(c1ccc(Cl)cc1)S(=O)(=O)C=Cc1ccc(Cl)cc1. The summed E-state index contributed by atoms with van der Waals surface area (Å²) in [6, 6.07) is 13.6. The third-order valence-corrected chi connectivity index (χ3v) is 5.07. The highest BCUT2D eigenvalue weighted by molar-refractivity contribution is 8.03. The number of sulfone groups is 1. The minimum Gasteiger partial charge on any atom is -0.382 e. The molecule has 0 N–H and O–H groups in total. The van der Waals surface area contributed by atoms with Crippen molar-refractivity contribution >= 4 is 44.0 Å². The molecule has 2 aromatic rings. The first kappa shape index (κ1) is 18.6. The molecule has 0 bridgehead atoms. The predicted octanol–water partition coefficient (Wildman–Crippen LogP) is 4.94. The van der Waals surface area contributed by atoms with Gasteiger partial charge >= 0.3 is 0 Å². The van der Waals surface area contributed by atoms with E-state index in [9.17, 15) is 8.42 Å². The van der Waals surface area contributed by atoms with Crippen molar-refractivity contribution in [3.05, 3.63) is 81.3 Å². The van der Waals surface area contributed by atoms with Crippen molar-refractivity contribution in [2.75, 3.05) is 14.1 Å². The fourth-order valence-electron chi connectivity index (χ4n) is 1.98. The number of rotatable bonds is 5. The Hall–Kier alpha value is -1.75. The van der Waals surface area contributed by atoms with Crippen molar-refractivity contribution in [3.63, 3.8) is 0 Å². The van der Waals surface area contributed by atoms with E-state index in [1.54, 1.807) is 79.8 Å². The Morgan fingerprint density at radius 3 is 1.92 bits per heavy atom. The number of halogens is 2. The summed E-state index contributed by atoms with van der Waals surface area (Å²) < 4.78 is 25.5. The van der Waals surface area contributed by atoms with Crippen LogP contribution in [0.15, 0.2) is 60.1 Å². The average molecular weight is 382 g/mol. The van der Waals surface area contributed by atoms with Crippen molar-refractivity contribution in [1.29, 1.82) is 0 Å². The van der Waals surface area contributed by atoms with Crippen molar-refractivity contribution in [1.82, 2.24) is 4.90 Å². The zero-order valence-electron chi connectivity index (χ0n) is 13.3. The Balaban J connectivity index is 2.40. The van der Waals surface area contributed by atoms with Gasteiger partial charge in [0.05, 0.1) is 4.91 Å². The molecule has 6 heteroatoms. The maximum Gasteiger partial charge on any atom is 0.201 e. The number of hydrogen-bond donors (Lipinski definition) is 0. The number of nitrogens with zero attached hydrogens (tertiary/aromatic N) is 1. The smallest absolute Gasteiger partial charge is 0.201 e. The van der Waals surface area contributed by atoms with Gasteiger partial charge in [0.25, 0.3) is 0 Å². The van der Waals surface area contributed by atoms with Crippen LogP contribution in [-0.2, 0) is 9.84 Å². The molecule has 0 aliphatic rings. The standard InChI is InChI=1S/C18H17Cl2NO2S/c1-21(2)13-18(15-5-9-17(20)10-6-15)24(22,23)12-11-14-3-7-16(19)8-4-14/h3-13H,1-2H3. The number of benzene rings is 2. The van der Waals surface area contributed by atoms with Gasteiger partial charge in [0.15, 0.2) is 0 Å². The van der Waals surface area contributed by atoms with Crippen LogP contribution in [0.25, 0.3) is 11.0 Å². The van der Waals surface area contributed by atoms with E-state index in [1.165, 1.54) is 5.41 Å². The molecule has 0 aliphatic heterocycles. The van der Waals surface area contributed by atoms with Gasteiger partial charge in [-0.1, -0.05) is 47.5 Å². The molecule has 24 heavy (non-hydrogen) atoms. The highest BCUT2D eigenvalue weighted by atomic mass is 35.5. The largest absolute Gasteiger partial charge is 0.382 e. The summed E-state index contributed by atoms with van der Waals surface area (Å²) in [5.41, 5.74) is 1.33. The first-order chi connectivity index (χ1) is 11.3. The van der Waals surface area contributed by atoms with E-state index in [2.05, 4.69) is 0 Å². The molecule has 0 unspecified atom stereocenters. The molecule has 0 saturated heterocycles. The van der Waals surface area contributed by atoms with Crippen molar-refractivity contribution in [3.8, 4) is 0 Å². The highest BCUT2D eigenvalue weighted by Crippen LogP contribution is 2.25. The summed E-state index contributed by atoms with van der Waals surface area (Å²) in [5, 5.41) is 2.35. The van der Waals surface area contributed by atoms with Crippen LogP contribution in [0.1, 0.15) is 11.1 Å². The second-order valence-corrected chi connectivity index (χ2v) is 8.04. The maximum atomic E-state index is 12.8. The minimum absolute atomic E-state index is 0.203. The van der Waals surface area contributed by atoms with E-state index >= 15 is 0 Å². The van der Waals surface area contributed by atoms with Gasteiger partial charge in [-0.2, -0.15) is 0 Å². The van der Waals surface area contributed by atoms with Crippen LogP contribution >= 0.6 is 23.2 Å². The van der Waals surface area contributed by atoms with Crippen LogP contribution in [0, 0.1) is 0 Å². The molecule has 3 nitrogen and oxygen atoms in total. The second kappa shape index (κ2) is 7.88. The molecule has 0 radical (unpaired) electrons. The molecule has 2 aromatic carbocycles. The zero-order valence-corrected chi connectivity index (χ0v) is 15.6. The summed E-state index contributed by atoms with van der Waals surface area (Å²) in [7, 11) is -0.0845. The van der Waals surface area contributed by atoms with Gasteiger partial charge in [0.2, 0.25) is 9.84 Å². The van der Waals surface area contributed by atoms with E-state index in [-0.39, 0.29) is 4.91 Å². The van der Waals surface area contributed by atoms with Gasteiger partial charge < -0.3 is 4.90 Å². The molecule has 0 heterocycles. The third kappa shape index (κ3) is 5.13. The van der Waals surface area contributed by atoms with E-state index in [0.717, 1.165) is 5.56 Å². The normalized spacial score (nSPS) is 12.6. The minimum atomic E-state index is -3.63. The van der Waals surface area contributed by atoms with Crippen molar-refractivity contribution < 1.29 is 8.42 Å². The third-order valence-electron chi connectivity index (χ3n) is 3.12. The lowest BCUT2D eigenvalue weighted by Crippen LogP contribution is -2.07. The van der Waals surface area contributed by atoms with E-state index in [4.69, 9.17) is 23.2 Å². The fourth-order valence-corrected chi connectivity index (χ4v) is 3.53. The van der Waals surface area contributed by atoms with E-state index < -0.39 is 9.84 Å². The molecule has 0 fully saturated rings. The van der Waals surface area contributed by atoms with Gasteiger partial charge in [-0.15, -0.1) is 0 Å². The molecular formula is C18H17Cl2NO2S. The van der Waals surface area contributed by atoms with Gasteiger partial charge in [-0.05, 0) is 41.5 Å². The summed E-state index contributed by atoms with van der Waals surface area (Å²) in [6.07, 6.45) is 3.12. The van der Waals surface area contributed by atoms with Crippen LogP contribution in [0.4, 0.5) is 0 Å². The number of hydrogen-bond acceptors (Lipinski definition) is 3. The first-order valence-corrected chi connectivity index (χ1v) is 9.41. The maximum absolute atomic E-state index is 12.8. The van der Waals surface area contributed by atoms with Crippen LogP contribution in [0.3, 0.4) is 0 Å². The van der Waals surface area contributed by atoms with Crippen LogP contribution in [-0.4, -0.2) is 27.4 Å². The quantitative estimate of drug-likeness (QED) is 0.735. The van der Waals surface area contributed by atoms with E-state index in [0.29, 0.717) is 15.6 Å². The molecule has 0 aliphatic carbocycles. The lowest BCUT2D eigenvalue weighted by Gasteiger charge is -2.11. The zero-order chi connectivity index (χ0) is 17.7. The molecule has 0 aromatic heterocycles. The first-order valence-electron chi connectivity index (χ1n) is 7.11. The summed E-state index contributed by atoms with van der Waals surface area (Å²) >= 11 is 11.7. The monoisotopic (exact) mass is 381 g/mol. The molecule has 0 spiro atoms. The van der Waals surface area contributed by atoms with Gasteiger partial charge in [-0.3, -0.25) is 0 Å². The average Bonchev–Trinajstić information content (AvgIpc) is 2.53. The molecule has 0 atom stereocenters. The fraction of sp³-hybridized carbons (Fsp3) is 0.111. The van der Waals surface area contributed by atoms with E-state index in [1.807, 2.05) is 0 Å². The lowest BCUT2D eigenvalue weighted by atomic mass is 10.2. The molecule has 0 saturated carbocycles. The highest BCUT2D eigenvalue weighted by Gasteiger charge is 2.17. The van der Waals surface area contributed by atoms with Crippen molar-refractivity contribution in [2.24, 2.45) is 0 Å². The van der Waals surface area contributed by atoms with Crippen LogP contribution < -0.4 is 0 Å². The summed E-state index contributed by atoms with van der Waals surface area (Å²) in [5.74, 6) is 0. The molecule has 2 rings (SSSR count). The second-order valence-electron chi connectivity index (χ2n) is 5.36. The van der Waals surface area contributed by atoms with Gasteiger partial charge in [0.1, 0.15) is 0 Å².